The van der Waals surface area contributed by atoms with Crippen molar-refractivity contribution in [3.05, 3.63) is 74.9 Å². The number of hydrogen-bond acceptors (Lipinski definition) is 2. The molecule has 0 saturated heterocycles. The summed E-state index contributed by atoms with van der Waals surface area (Å²) in [7, 11) is 0. The molecule has 1 N–H and O–H groups in total. The summed E-state index contributed by atoms with van der Waals surface area (Å²) in [4.78, 5) is 25.9. The number of aromatic nitrogens is 2. The van der Waals surface area contributed by atoms with E-state index in [0.29, 0.717) is 0 Å². The lowest BCUT2D eigenvalue weighted by Crippen LogP contribution is -2.29. The van der Waals surface area contributed by atoms with E-state index < -0.39 is 23.0 Å². The van der Waals surface area contributed by atoms with Crippen molar-refractivity contribution in [2.45, 2.75) is 6.18 Å². The molecule has 0 aliphatic heterocycles. The molecule has 3 aromatic rings. The number of H-pyrrole nitrogens is 1. The van der Waals surface area contributed by atoms with E-state index in [-0.39, 0.29) is 16.6 Å². The normalized spacial score (nSPS) is 11.8. The van der Waals surface area contributed by atoms with Crippen molar-refractivity contribution in [2.75, 3.05) is 0 Å². The molecule has 0 spiro atoms. The first-order chi connectivity index (χ1) is 10.4. The highest BCUT2D eigenvalue weighted by Crippen LogP contribution is 2.30. The summed E-state index contributed by atoms with van der Waals surface area (Å²) in [6.45, 7) is 0. The van der Waals surface area contributed by atoms with Gasteiger partial charge in [0.25, 0.3) is 5.56 Å². The summed E-state index contributed by atoms with van der Waals surface area (Å²) in [6.07, 6.45) is -4.52. The maximum absolute atomic E-state index is 12.8. The van der Waals surface area contributed by atoms with Gasteiger partial charge in [0.2, 0.25) is 0 Å². The number of halogens is 3. The Kier molecular flexibility index (Phi) is 3.13. The zero-order valence-electron chi connectivity index (χ0n) is 11.0. The molecule has 2 aromatic carbocycles. The van der Waals surface area contributed by atoms with Gasteiger partial charge in [0.05, 0.1) is 22.2 Å². The van der Waals surface area contributed by atoms with Crippen LogP contribution in [0.3, 0.4) is 0 Å². The average molecular weight is 306 g/mol. The van der Waals surface area contributed by atoms with Crippen LogP contribution in [0.2, 0.25) is 0 Å². The van der Waals surface area contributed by atoms with Gasteiger partial charge in [-0.3, -0.25) is 14.3 Å². The Balaban J connectivity index is 2.37. The molecular formula is C15H9F3N2O2. The SMILES string of the molecule is O=c1[nH]c(=O)n(-c2cccc(C(F)(F)F)c2)c2ccccc12. The molecule has 0 radical (unpaired) electrons. The van der Waals surface area contributed by atoms with E-state index in [1.807, 2.05) is 0 Å². The molecule has 0 saturated carbocycles. The number of benzene rings is 2. The first kappa shape index (κ1) is 14.1. The van der Waals surface area contributed by atoms with Gasteiger partial charge in [-0.15, -0.1) is 0 Å². The highest BCUT2D eigenvalue weighted by Gasteiger charge is 2.30. The number of hydrogen-bond donors (Lipinski definition) is 1. The van der Waals surface area contributed by atoms with Crippen LogP contribution in [-0.2, 0) is 6.18 Å². The van der Waals surface area contributed by atoms with E-state index in [0.717, 1.165) is 16.7 Å². The van der Waals surface area contributed by atoms with E-state index in [1.54, 1.807) is 12.1 Å². The van der Waals surface area contributed by atoms with Crippen molar-refractivity contribution in [1.29, 1.82) is 0 Å². The number of aromatic amines is 1. The number of nitrogens with one attached hydrogen (secondary N) is 1. The molecule has 22 heavy (non-hydrogen) atoms. The highest BCUT2D eigenvalue weighted by molar-refractivity contribution is 5.79. The van der Waals surface area contributed by atoms with Gasteiger partial charge in [-0.1, -0.05) is 18.2 Å². The Morgan fingerprint density at radius 3 is 2.41 bits per heavy atom. The van der Waals surface area contributed by atoms with Gasteiger partial charge in [0, 0.05) is 0 Å². The smallest absolute Gasteiger partial charge is 0.273 e. The van der Waals surface area contributed by atoms with Gasteiger partial charge >= 0.3 is 11.9 Å². The topological polar surface area (TPSA) is 54.9 Å². The van der Waals surface area contributed by atoms with Crippen LogP contribution < -0.4 is 11.2 Å². The number of fused-ring (bicyclic) bond motifs is 1. The lowest BCUT2D eigenvalue weighted by Gasteiger charge is -2.12. The summed E-state index contributed by atoms with van der Waals surface area (Å²) >= 11 is 0. The standard InChI is InChI=1S/C15H9F3N2O2/c16-15(17,18)9-4-3-5-10(8-9)20-12-7-2-1-6-11(12)13(21)19-14(20)22/h1-8H,(H,19,21,22). The largest absolute Gasteiger partial charge is 0.416 e. The predicted octanol–water partition coefficient (Wildman–Crippen LogP) is 2.70. The van der Waals surface area contributed by atoms with Crippen molar-refractivity contribution >= 4 is 10.9 Å². The van der Waals surface area contributed by atoms with Crippen molar-refractivity contribution in [3.8, 4) is 5.69 Å². The third-order valence-electron chi connectivity index (χ3n) is 3.24. The van der Waals surface area contributed by atoms with Gasteiger partial charge < -0.3 is 0 Å². The molecule has 1 heterocycles. The predicted molar refractivity (Wildman–Crippen MR) is 75.2 cm³/mol. The Hall–Kier alpha value is -2.83. The minimum Gasteiger partial charge on any atom is -0.273 e. The molecule has 0 bridgehead atoms. The fourth-order valence-electron chi connectivity index (χ4n) is 2.27. The van der Waals surface area contributed by atoms with E-state index >= 15 is 0 Å². The number of rotatable bonds is 1. The lowest BCUT2D eigenvalue weighted by molar-refractivity contribution is -0.137. The Morgan fingerprint density at radius 1 is 0.955 bits per heavy atom. The summed E-state index contributed by atoms with van der Waals surface area (Å²) in [6, 6.07) is 10.6. The zero-order chi connectivity index (χ0) is 15.9. The number of para-hydroxylation sites is 1. The molecule has 112 valence electrons. The van der Waals surface area contributed by atoms with Gasteiger partial charge in [-0.25, -0.2) is 4.79 Å². The molecule has 3 rings (SSSR count). The Morgan fingerprint density at radius 2 is 1.68 bits per heavy atom. The van der Waals surface area contributed by atoms with Gasteiger partial charge in [-0.2, -0.15) is 13.2 Å². The third-order valence-corrected chi connectivity index (χ3v) is 3.24. The van der Waals surface area contributed by atoms with Crippen LogP contribution >= 0.6 is 0 Å². The molecule has 0 fully saturated rings. The summed E-state index contributed by atoms with van der Waals surface area (Å²) in [5.74, 6) is 0. The zero-order valence-corrected chi connectivity index (χ0v) is 11.0. The average Bonchev–Trinajstić information content (AvgIpc) is 2.47. The fraction of sp³-hybridized carbons (Fsp3) is 0.0667. The quantitative estimate of drug-likeness (QED) is 0.751. The van der Waals surface area contributed by atoms with E-state index in [9.17, 15) is 22.8 Å². The summed E-state index contributed by atoms with van der Waals surface area (Å²) in [5, 5.41) is 0.222. The van der Waals surface area contributed by atoms with Crippen LogP contribution in [0.1, 0.15) is 5.56 Å². The minimum absolute atomic E-state index is 0.0345. The monoisotopic (exact) mass is 306 g/mol. The van der Waals surface area contributed by atoms with Crippen LogP contribution in [0.4, 0.5) is 13.2 Å². The molecule has 0 aliphatic carbocycles. The molecule has 0 amide bonds. The molecule has 0 aliphatic rings. The molecule has 1 aromatic heterocycles. The van der Waals surface area contributed by atoms with Crippen molar-refractivity contribution in [1.82, 2.24) is 9.55 Å². The van der Waals surface area contributed by atoms with Crippen molar-refractivity contribution in [2.24, 2.45) is 0 Å². The molecular weight excluding hydrogens is 297 g/mol. The second-order valence-corrected chi connectivity index (χ2v) is 4.66. The maximum atomic E-state index is 12.8. The molecule has 4 nitrogen and oxygen atoms in total. The molecule has 0 unspecified atom stereocenters. The van der Waals surface area contributed by atoms with Crippen LogP contribution in [0.25, 0.3) is 16.6 Å². The first-order valence-corrected chi connectivity index (χ1v) is 6.29. The van der Waals surface area contributed by atoms with Crippen LogP contribution in [-0.4, -0.2) is 9.55 Å². The third kappa shape index (κ3) is 2.30. The number of alkyl halides is 3. The fourth-order valence-corrected chi connectivity index (χ4v) is 2.27. The van der Waals surface area contributed by atoms with Crippen molar-refractivity contribution < 1.29 is 13.2 Å². The second-order valence-electron chi connectivity index (χ2n) is 4.66. The van der Waals surface area contributed by atoms with E-state index in [2.05, 4.69) is 4.98 Å². The van der Waals surface area contributed by atoms with Crippen LogP contribution in [0.15, 0.2) is 58.1 Å². The van der Waals surface area contributed by atoms with Crippen LogP contribution in [0, 0.1) is 0 Å². The van der Waals surface area contributed by atoms with Gasteiger partial charge in [0.15, 0.2) is 0 Å². The first-order valence-electron chi connectivity index (χ1n) is 6.29. The minimum atomic E-state index is -4.52. The van der Waals surface area contributed by atoms with Crippen molar-refractivity contribution in [3.63, 3.8) is 0 Å². The summed E-state index contributed by atoms with van der Waals surface area (Å²) in [5.41, 5.74) is -1.96. The van der Waals surface area contributed by atoms with E-state index in [1.165, 1.54) is 24.3 Å². The lowest BCUT2D eigenvalue weighted by atomic mass is 10.1. The highest BCUT2D eigenvalue weighted by atomic mass is 19.4. The Bertz CT molecular complexity index is 971. The van der Waals surface area contributed by atoms with E-state index in [4.69, 9.17) is 0 Å². The van der Waals surface area contributed by atoms with Gasteiger partial charge in [-0.05, 0) is 30.3 Å². The van der Waals surface area contributed by atoms with Crippen LogP contribution in [0.5, 0.6) is 0 Å². The summed E-state index contributed by atoms with van der Waals surface area (Å²) < 4.78 is 39.5. The van der Waals surface area contributed by atoms with Gasteiger partial charge in [0.1, 0.15) is 0 Å². The maximum Gasteiger partial charge on any atom is 0.416 e. The second kappa shape index (κ2) is 4.87. The number of nitrogens with zero attached hydrogens (tertiary/aromatic N) is 1. The molecule has 0 atom stereocenters. The Labute approximate surface area is 121 Å². The molecule has 7 heteroatoms.